The number of rotatable bonds is 7. The maximum atomic E-state index is 12.9. The summed E-state index contributed by atoms with van der Waals surface area (Å²) < 4.78 is 0. The lowest BCUT2D eigenvalue weighted by Crippen LogP contribution is -2.70. The van der Waals surface area contributed by atoms with Gasteiger partial charge < -0.3 is 10.2 Å². The van der Waals surface area contributed by atoms with E-state index in [0.29, 0.717) is 25.3 Å². The third-order valence-corrected chi connectivity index (χ3v) is 5.47. The molecule has 5 heteroatoms. The molecule has 2 aliphatic rings. The summed E-state index contributed by atoms with van der Waals surface area (Å²) in [5.74, 6) is 2.56. The minimum absolute atomic E-state index is 0.0669. The van der Waals surface area contributed by atoms with Crippen molar-refractivity contribution in [3.8, 4) is 0 Å². The van der Waals surface area contributed by atoms with Crippen LogP contribution in [0.2, 0.25) is 0 Å². The van der Waals surface area contributed by atoms with Crippen LogP contribution in [0.15, 0.2) is 0 Å². The van der Waals surface area contributed by atoms with E-state index in [4.69, 9.17) is 0 Å². The van der Waals surface area contributed by atoms with Crippen molar-refractivity contribution in [3.05, 3.63) is 0 Å². The Morgan fingerprint density at radius 1 is 1.25 bits per heavy atom. The number of amides is 2. The Hall–Kier alpha value is -0.710. The van der Waals surface area contributed by atoms with E-state index in [1.807, 2.05) is 30.5 Å². The summed E-state index contributed by atoms with van der Waals surface area (Å²) in [4.78, 5) is 27.3. The van der Waals surface area contributed by atoms with Crippen LogP contribution in [0.3, 0.4) is 0 Å². The van der Waals surface area contributed by atoms with Crippen molar-refractivity contribution < 1.29 is 9.59 Å². The SMILES string of the molecule is CCSCCN1C(=O)C(CC)(CC)NC(=O)C1C1CC1. The van der Waals surface area contributed by atoms with E-state index in [1.165, 1.54) is 0 Å². The van der Waals surface area contributed by atoms with Crippen molar-refractivity contribution in [1.29, 1.82) is 0 Å². The van der Waals surface area contributed by atoms with Crippen LogP contribution >= 0.6 is 11.8 Å². The molecule has 0 aromatic rings. The lowest BCUT2D eigenvalue weighted by Gasteiger charge is -2.45. The molecular formula is C15H26N2O2S. The maximum Gasteiger partial charge on any atom is 0.249 e. The van der Waals surface area contributed by atoms with Gasteiger partial charge in [-0.25, -0.2) is 0 Å². The summed E-state index contributed by atoms with van der Waals surface area (Å²) in [6, 6.07) is -0.216. The molecule has 4 nitrogen and oxygen atoms in total. The fourth-order valence-corrected chi connectivity index (χ4v) is 3.68. The molecule has 114 valence electrons. The van der Waals surface area contributed by atoms with Crippen LogP contribution in [-0.2, 0) is 9.59 Å². The molecule has 1 saturated carbocycles. The normalized spacial score (nSPS) is 25.8. The zero-order valence-corrected chi connectivity index (χ0v) is 13.6. The number of piperazine rings is 1. The first-order valence-electron chi connectivity index (χ1n) is 7.80. The molecule has 1 atom stereocenters. The number of hydrogen-bond acceptors (Lipinski definition) is 3. The topological polar surface area (TPSA) is 49.4 Å². The van der Waals surface area contributed by atoms with Crippen LogP contribution in [0.1, 0.15) is 46.5 Å². The molecule has 0 spiro atoms. The fraction of sp³-hybridized carbons (Fsp3) is 0.867. The van der Waals surface area contributed by atoms with Crippen LogP contribution in [0, 0.1) is 5.92 Å². The monoisotopic (exact) mass is 298 g/mol. The van der Waals surface area contributed by atoms with Crippen molar-refractivity contribution in [2.24, 2.45) is 5.92 Å². The smallest absolute Gasteiger partial charge is 0.249 e. The molecule has 1 unspecified atom stereocenters. The molecule has 1 heterocycles. The molecule has 20 heavy (non-hydrogen) atoms. The number of thioether (sulfide) groups is 1. The van der Waals surface area contributed by atoms with Crippen molar-refractivity contribution >= 4 is 23.6 Å². The van der Waals surface area contributed by atoms with Gasteiger partial charge in [0.15, 0.2) is 0 Å². The lowest BCUT2D eigenvalue weighted by molar-refractivity contribution is -0.156. The van der Waals surface area contributed by atoms with E-state index in [1.54, 1.807) is 0 Å². The van der Waals surface area contributed by atoms with Gasteiger partial charge in [-0.15, -0.1) is 0 Å². The van der Waals surface area contributed by atoms with Gasteiger partial charge in [0, 0.05) is 12.3 Å². The summed E-state index contributed by atoms with van der Waals surface area (Å²) >= 11 is 1.83. The zero-order chi connectivity index (χ0) is 14.8. The minimum atomic E-state index is -0.667. The Bertz CT molecular complexity index is 378. The van der Waals surface area contributed by atoms with Gasteiger partial charge in [-0.1, -0.05) is 20.8 Å². The van der Waals surface area contributed by atoms with Gasteiger partial charge in [-0.3, -0.25) is 9.59 Å². The van der Waals surface area contributed by atoms with Crippen molar-refractivity contribution in [1.82, 2.24) is 10.2 Å². The van der Waals surface area contributed by atoms with E-state index < -0.39 is 5.54 Å². The highest BCUT2D eigenvalue weighted by Gasteiger charge is 2.52. The average molecular weight is 298 g/mol. The van der Waals surface area contributed by atoms with Gasteiger partial charge in [-0.05, 0) is 37.4 Å². The Balaban J connectivity index is 2.19. The summed E-state index contributed by atoms with van der Waals surface area (Å²) in [5, 5.41) is 3.03. The first-order chi connectivity index (χ1) is 9.59. The zero-order valence-electron chi connectivity index (χ0n) is 12.8. The first kappa shape index (κ1) is 15.7. The van der Waals surface area contributed by atoms with E-state index >= 15 is 0 Å². The highest BCUT2D eigenvalue weighted by atomic mass is 32.2. The van der Waals surface area contributed by atoms with Crippen LogP contribution in [-0.4, -0.2) is 46.3 Å². The fourth-order valence-electron chi connectivity index (χ4n) is 3.06. The van der Waals surface area contributed by atoms with Gasteiger partial charge in [-0.2, -0.15) is 11.8 Å². The molecule has 0 aromatic carbocycles. The van der Waals surface area contributed by atoms with Crippen LogP contribution in [0.5, 0.6) is 0 Å². The van der Waals surface area contributed by atoms with Gasteiger partial charge in [0.25, 0.3) is 0 Å². The highest BCUT2D eigenvalue weighted by Crippen LogP contribution is 2.39. The van der Waals surface area contributed by atoms with Gasteiger partial charge in [0.1, 0.15) is 11.6 Å². The number of hydrogen-bond donors (Lipinski definition) is 1. The average Bonchev–Trinajstić information content (AvgIpc) is 3.27. The van der Waals surface area contributed by atoms with E-state index in [0.717, 1.165) is 24.3 Å². The molecule has 1 aliphatic carbocycles. The summed E-state index contributed by atoms with van der Waals surface area (Å²) in [5.41, 5.74) is -0.667. The highest BCUT2D eigenvalue weighted by molar-refractivity contribution is 7.99. The summed E-state index contributed by atoms with van der Waals surface area (Å²) in [6.45, 7) is 6.79. The van der Waals surface area contributed by atoms with Crippen molar-refractivity contribution in [2.45, 2.75) is 58.0 Å². The quantitative estimate of drug-likeness (QED) is 0.732. The van der Waals surface area contributed by atoms with E-state index in [9.17, 15) is 9.59 Å². The number of carbonyl (C=O) groups is 2. The molecule has 2 amide bonds. The second kappa shape index (κ2) is 6.37. The predicted molar refractivity (Wildman–Crippen MR) is 82.7 cm³/mol. The third kappa shape index (κ3) is 2.83. The second-order valence-corrected chi connectivity index (χ2v) is 7.15. The molecule has 1 N–H and O–H groups in total. The molecule has 1 saturated heterocycles. The Labute approximate surface area is 126 Å². The van der Waals surface area contributed by atoms with Crippen molar-refractivity contribution in [3.63, 3.8) is 0 Å². The van der Waals surface area contributed by atoms with Crippen LogP contribution in [0.25, 0.3) is 0 Å². The summed E-state index contributed by atoms with van der Waals surface area (Å²) in [7, 11) is 0. The predicted octanol–water partition coefficient (Wildman–Crippen LogP) is 2.04. The first-order valence-corrected chi connectivity index (χ1v) is 8.96. The Morgan fingerprint density at radius 3 is 2.40 bits per heavy atom. The Kier molecular flexibility index (Phi) is 4.99. The van der Waals surface area contributed by atoms with Crippen molar-refractivity contribution in [2.75, 3.05) is 18.1 Å². The van der Waals surface area contributed by atoms with E-state index in [2.05, 4.69) is 12.2 Å². The molecule has 2 rings (SSSR count). The minimum Gasteiger partial charge on any atom is -0.340 e. The van der Waals surface area contributed by atoms with E-state index in [-0.39, 0.29) is 17.9 Å². The largest absolute Gasteiger partial charge is 0.340 e. The molecule has 0 bridgehead atoms. The molecule has 1 aliphatic heterocycles. The van der Waals surface area contributed by atoms with Crippen LogP contribution in [0.4, 0.5) is 0 Å². The standard InChI is InChI=1S/C15H26N2O2S/c1-4-15(5-2)14(19)17(9-10-20-6-3)12(11-7-8-11)13(18)16-15/h11-12H,4-10H2,1-3H3,(H,16,18). The van der Waals surface area contributed by atoms with Gasteiger partial charge in [0.2, 0.25) is 11.8 Å². The molecule has 2 fully saturated rings. The second-order valence-electron chi connectivity index (χ2n) is 5.76. The lowest BCUT2D eigenvalue weighted by atomic mass is 9.86. The molecule has 0 radical (unpaired) electrons. The molecule has 0 aromatic heterocycles. The van der Waals surface area contributed by atoms with Crippen LogP contribution < -0.4 is 5.32 Å². The molecular weight excluding hydrogens is 272 g/mol. The number of nitrogens with zero attached hydrogens (tertiary/aromatic N) is 1. The van der Waals surface area contributed by atoms with Gasteiger partial charge >= 0.3 is 0 Å². The summed E-state index contributed by atoms with van der Waals surface area (Å²) in [6.07, 6.45) is 3.49. The van der Waals surface area contributed by atoms with Gasteiger partial charge in [0.05, 0.1) is 0 Å². The number of nitrogens with one attached hydrogen (secondary N) is 1. The maximum absolute atomic E-state index is 12.9. The third-order valence-electron chi connectivity index (χ3n) is 4.59. The number of carbonyl (C=O) groups excluding carboxylic acids is 2. The Morgan fingerprint density at radius 2 is 1.90 bits per heavy atom.